The predicted molar refractivity (Wildman–Crippen MR) is 64.6 cm³/mol. The molecular formula is C11H15ClN2O3. The molecule has 3 N–H and O–H groups in total. The van der Waals surface area contributed by atoms with Crippen molar-refractivity contribution in [3.63, 3.8) is 0 Å². The second-order valence-electron chi connectivity index (χ2n) is 3.33. The van der Waals surface area contributed by atoms with E-state index in [-0.39, 0.29) is 0 Å². The highest BCUT2D eigenvalue weighted by Crippen LogP contribution is 2.17. The topological polar surface area (TPSA) is 73.6 Å². The molecule has 0 fully saturated rings. The smallest absolute Gasteiger partial charge is 0.248 e. The maximum atomic E-state index is 10.9. The Labute approximate surface area is 105 Å². The lowest BCUT2D eigenvalue weighted by Crippen LogP contribution is -2.17. The molecule has 94 valence electrons. The predicted octanol–water partition coefficient (Wildman–Crippen LogP) is 1.11. The Bertz CT molecular complexity index is 385. The molecule has 0 atom stereocenters. The van der Waals surface area contributed by atoms with Crippen LogP contribution in [0.25, 0.3) is 0 Å². The number of primary amides is 1. The minimum Gasteiger partial charge on any atom is -0.382 e. The zero-order chi connectivity index (χ0) is 12.7. The van der Waals surface area contributed by atoms with Crippen molar-refractivity contribution in [3.05, 3.63) is 34.3 Å². The molecule has 0 unspecified atom stereocenters. The molecule has 0 bridgehead atoms. The van der Waals surface area contributed by atoms with Crippen LogP contribution in [0.2, 0.25) is 5.02 Å². The summed E-state index contributed by atoms with van der Waals surface area (Å²) in [6.45, 7) is 1.41. The van der Waals surface area contributed by atoms with Crippen LogP contribution in [0.3, 0.4) is 0 Å². The third-order valence-corrected chi connectivity index (χ3v) is 2.44. The van der Waals surface area contributed by atoms with Gasteiger partial charge in [0.15, 0.2) is 0 Å². The molecule has 1 aromatic rings. The summed E-state index contributed by atoms with van der Waals surface area (Å²) in [5.74, 6) is -0.497. The van der Waals surface area contributed by atoms with E-state index in [2.05, 4.69) is 5.48 Å². The highest BCUT2D eigenvalue weighted by molar-refractivity contribution is 6.31. The third-order valence-electron chi connectivity index (χ3n) is 2.09. The first-order valence-corrected chi connectivity index (χ1v) is 5.44. The number of methoxy groups -OCH3 is 1. The number of amides is 1. The van der Waals surface area contributed by atoms with Gasteiger partial charge in [-0.05, 0) is 17.7 Å². The Kier molecular flexibility index (Phi) is 5.93. The van der Waals surface area contributed by atoms with Crippen molar-refractivity contribution in [2.24, 2.45) is 5.73 Å². The van der Waals surface area contributed by atoms with Crippen molar-refractivity contribution in [2.75, 3.05) is 20.3 Å². The Hall–Kier alpha value is -1.14. The van der Waals surface area contributed by atoms with Gasteiger partial charge in [-0.1, -0.05) is 17.7 Å². The summed E-state index contributed by atoms with van der Waals surface area (Å²) in [5.41, 5.74) is 9.10. The lowest BCUT2D eigenvalue weighted by Gasteiger charge is -2.07. The largest absolute Gasteiger partial charge is 0.382 e. The first-order valence-electron chi connectivity index (χ1n) is 5.07. The van der Waals surface area contributed by atoms with E-state index in [4.69, 9.17) is 26.9 Å². The second kappa shape index (κ2) is 7.24. The SMILES string of the molecule is COCCONCc1ccc(C(N)=O)cc1Cl. The van der Waals surface area contributed by atoms with Crippen LogP contribution in [0.4, 0.5) is 0 Å². The summed E-state index contributed by atoms with van der Waals surface area (Å²) in [4.78, 5) is 16.0. The monoisotopic (exact) mass is 258 g/mol. The Morgan fingerprint density at radius 2 is 2.24 bits per heavy atom. The highest BCUT2D eigenvalue weighted by Gasteiger charge is 2.05. The molecule has 0 radical (unpaired) electrons. The van der Waals surface area contributed by atoms with E-state index < -0.39 is 5.91 Å². The van der Waals surface area contributed by atoms with Crippen molar-refractivity contribution < 1.29 is 14.4 Å². The quantitative estimate of drug-likeness (QED) is 0.568. The first-order chi connectivity index (χ1) is 8.15. The van der Waals surface area contributed by atoms with Crippen LogP contribution in [-0.4, -0.2) is 26.2 Å². The van der Waals surface area contributed by atoms with Gasteiger partial charge in [-0.2, -0.15) is 5.48 Å². The average Bonchev–Trinajstić information content (AvgIpc) is 2.30. The molecule has 0 aliphatic rings. The number of ether oxygens (including phenoxy) is 1. The van der Waals surface area contributed by atoms with E-state index in [1.54, 1.807) is 19.2 Å². The van der Waals surface area contributed by atoms with Crippen molar-refractivity contribution in [1.29, 1.82) is 0 Å². The molecule has 0 saturated heterocycles. The zero-order valence-corrected chi connectivity index (χ0v) is 10.3. The third kappa shape index (κ3) is 4.70. The summed E-state index contributed by atoms with van der Waals surface area (Å²) in [6.07, 6.45) is 0. The van der Waals surface area contributed by atoms with Crippen molar-refractivity contribution in [3.8, 4) is 0 Å². The van der Waals surface area contributed by atoms with Crippen LogP contribution >= 0.6 is 11.6 Å². The van der Waals surface area contributed by atoms with Gasteiger partial charge in [0.1, 0.15) is 0 Å². The fraction of sp³-hybridized carbons (Fsp3) is 0.364. The van der Waals surface area contributed by atoms with Gasteiger partial charge in [0.25, 0.3) is 0 Å². The minimum atomic E-state index is -0.497. The summed E-state index contributed by atoms with van der Waals surface area (Å²) < 4.78 is 4.82. The fourth-order valence-electron chi connectivity index (χ4n) is 1.17. The maximum absolute atomic E-state index is 10.9. The molecule has 0 aliphatic heterocycles. The van der Waals surface area contributed by atoms with Gasteiger partial charge in [0.05, 0.1) is 13.2 Å². The highest BCUT2D eigenvalue weighted by atomic mass is 35.5. The fourth-order valence-corrected chi connectivity index (χ4v) is 1.42. The van der Waals surface area contributed by atoms with Crippen LogP contribution in [0, 0.1) is 0 Å². The molecule has 0 aromatic heterocycles. The number of nitrogens with one attached hydrogen (secondary N) is 1. The van der Waals surface area contributed by atoms with E-state index in [1.165, 1.54) is 6.07 Å². The number of hydroxylamine groups is 1. The molecule has 0 aliphatic carbocycles. The summed E-state index contributed by atoms with van der Waals surface area (Å²) in [6, 6.07) is 4.89. The van der Waals surface area contributed by atoms with E-state index in [0.29, 0.717) is 30.3 Å². The summed E-state index contributed by atoms with van der Waals surface area (Å²) in [7, 11) is 1.60. The molecule has 1 amide bonds. The van der Waals surface area contributed by atoms with Gasteiger partial charge in [-0.3, -0.25) is 9.63 Å². The second-order valence-corrected chi connectivity index (χ2v) is 3.74. The van der Waals surface area contributed by atoms with Crippen LogP contribution in [0.15, 0.2) is 18.2 Å². The Morgan fingerprint density at radius 3 is 2.82 bits per heavy atom. The van der Waals surface area contributed by atoms with Crippen LogP contribution in [0.1, 0.15) is 15.9 Å². The first kappa shape index (κ1) is 13.9. The number of carbonyl (C=O) groups excluding carboxylic acids is 1. The van der Waals surface area contributed by atoms with Crippen molar-refractivity contribution in [1.82, 2.24) is 5.48 Å². The van der Waals surface area contributed by atoms with Crippen molar-refractivity contribution in [2.45, 2.75) is 6.54 Å². The number of hydrogen-bond donors (Lipinski definition) is 2. The molecule has 5 nitrogen and oxygen atoms in total. The zero-order valence-electron chi connectivity index (χ0n) is 9.53. The van der Waals surface area contributed by atoms with Crippen molar-refractivity contribution >= 4 is 17.5 Å². The molecule has 6 heteroatoms. The van der Waals surface area contributed by atoms with Gasteiger partial charge < -0.3 is 10.5 Å². The van der Waals surface area contributed by atoms with Crippen LogP contribution in [-0.2, 0) is 16.1 Å². The van der Waals surface area contributed by atoms with Crippen LogP contribution < -0.4 is 11.2 Å². The number of nitrogens with two attached hydrogens (primary N) is 1. The van der Waals surface area contributed by atoms with E-state index in [1.807, 2.05) is 0 Å². The average molecular weight is 259 g/mol. The number of halogens is 1. The van der Waals surface area contributed by atoms with Crippen LogP contribution in [0.5, 0.6) is 0 Å². The van der Waals surface area contributed by atoms with E-state index in [0.717, 1.165) is 5.56 Å². The lowest BCUT2D eigenvalue weighted by atomic mass is 10.1. The normalized spacial score (nSPS) is 10.5. The van der Waals surface area contributed by atoms with Gasteiger partial charge >= 0.3 is 0 Å². The standard InChI is InChI=1S/C11H15ClN2O3/c1-16-4-5-17-14-7-9-3-2-8(11(13)15)6-10(9)12/h2-3,6,14H,4-5,7H2,1H3,(H2,13,15). The molecule has 1 aromatic carbocycles. The number of benzene rings is 1. The number of hydrogen-bond acceptors (Lipinski definition) is 4. The van der Waals surface area contributed by atoms with Gasteiger partial charge in [0.2, 0.25) is 5.91 Å². The van der Waals surface area contributed by atoms with Gasteiger partial charge in [-0.15, -0.1) is 0 Å². The maximum Gasteiger partial charge on any atom is 0.248 e. The van der Waals surface area contributed by atoms with E-state index >= 15 is 0 Å². The lowest BCUT2D eigenvalue weighted by molar-refractivity contribution is 0.00347. The van der Waals surface area contributed by atoms with Gasteiger partial charge in [-0.25, -0.2) is 0 Å². The summed E-state index contributed by atoms with van der Waals surface area (Å²) >= 11 is 5.99. The number of rotatable bonds is 7. The molecule has 0 spiro atoms. The van der Waals surface area contributed by atoms with Gasteiger partial charge in [0, 0.05) is 24.2 Å². The molecular weight excluding hydrogens is 244 g/mol. The molecule has 1 rings (SSSR count). The number of carbonyl (C=O) groups is 1. The Morgan fingerprint density at radius 1 is 1.47 bits per heavy atom. The minimum absolute atomic E-state index is 0.388. The summed E-state index contributed by atoms with van der Waals surface area (Å²) in [5, 5.41) is 0.476. The molecule has 0 saturated carbocycles. The molecule has 0 heterocycles. The Balaban J connectivity index is 2.46. The molecule has 17 heavy (non-hydrogen) atoms. The van der Waals surface area contributed by atoms with E-state index in [9.17, 15) is 4.79 Å².